The molecular weight excluding hydrogens is 430 g/mol. The van der Waals surface area contributed by atoms with Gasteiger partial charge in [-0.3, -0.25) is 4.57 Å². The van der Waals surface area contributed by atoms with E-state index in [9.17, 15) is 5.26 Å². The molecule has 0 radical (unpaired) electrons. The zero-order chi connectivity index (χ0) is 23.1. The van der Waals surface area contributed by atoms with Crippen LogP contribution in [-0.2, 0) is 0 Å². The van der Waals surface area contributed by atoms with Crippen LogP contribution < -0.4 is 21.3 Å². The summed E-state index contributed by atoms with van der Waals surface area (Å²) in [6.45, 7) is 1.82. The smallest absolute Gasteiger partial charge is 0.178 e. The zero-order valence-corrected chi connectivity index (χ0v) is 18.6. The predicted molar refractivity (Wildman–Crippen MR) is 128 cm³/mol. The highest BCUT2D eigenvalue weighted by Crippen LogP contribution is 2.32. The number of benzene rings is 1. The normalized spacial score (nSPS) is 16.5. The number of hydrogen-bond donors (Lipinski definition) is 3. The van der Waals surface area contributed by atoms with Crippen molar-refractivity contribution < 1.29 is 0 Å². The summed E-state index contributed by atoms with van der Waals surface area (Å²) >= 11 is 0. The van der Waals surface area contributed by atoms with Gasteiger partial charge in [-0.2, -0.15) is 9.78 Å². The molecule has 6 rings (SSSR count). The second-order valence-corrected chi connectivity index (χ2v) is 8.87. The molecule has 2 aliphatic rings. The van der Waals surface area contributed by atoms with Crippen LogP contribution in [0.2, 0.25) is 0 Å². The summed E-state index contributed by atoms with van der Waals surface area (Å²) in [5.74, 6) is 0.622. The molecule has 1 saturated heterocycles. The Kier molecular flexibility index (Phi) is 5.00. The molecular formula is C23H25N11. The fourth-order valence-corrected chi connectivity index (χ4v) is 4.35. The van der Waals surface area contributed by atoms with Gasteiger partial charge in [-0.1, -0.05) is 0 Å². The number of imidazole rings is 1. The van der Waals surface area contributed by atoms with E-state index >= 15 is 0 Å². The first kappa shape index (κ1) is 20.4. The van der Waals surface area contributed by atoms with Crippen LogP contribution in [0, 0.1) is 11.3 Å². The van der Waals surface area contributed by atoms with Crippen molar-refractivity contribution >= 4 is 28.5 Å². The van der Waals surface area contributed by atoms with Crippen molar-refractivity contribution in [2.45, 2.75) is 37.8 Å². The number of piperidine rings is 1. The molecule has 3 aromatic heterocycles. The van der Waals surface area contributed by atoms with Crippen molar-refractivity contribution in [1.82, 2.24) is 29.4 Å². The largest absolute Gasteiger partial charge is 0.379 e. The van der Waals surface area contributed by atoms with E-state index in [4.69, 9.17) is 5.73 Å². The first-order valence-electron chi connectivity index (χ1n) is 11.5. The molecule has 172 valence electrons. The van der Waals surface area contributed by atoms with E-state index in [1.54, 1.807) is 23.4 Å². The molecule has 1 saturated carbocycles. The minimum absolute atomic E-state index is 0.261. The predicted octanol–water partition coefficient (Wildman–Crippen LogP) is 2.43. The zero-order valence-electron chi connectivity index (χ0n) is 18.6. The molecule has 0 atom stereocenters. The minimum atomic E-state index is 0.261. The lowest BCUT2D eigenvalue weighted by Crippen LogP contribution is -2.40. The molecule has 4 aromatic rings. The van der Waals surface area contributed by atoms with Crippen molar-refractivity contribution in [3.8, 4) is 11.8 Å². The van der Waals surface area contributed by atoms with Crippen LogP contribution in [0.25, 0.3) is 11.3 Å². The number of nitrogens with two attached hydrogens (primary N) is 1. The average molecular weight is 456 g/mol. The molecule has 11 nitrogen and oxygen atoms in total. The fourth-order valence-electron chi connectivity index (χ4n) is 4.35. The quantitative estimate of drug-likeness (QED) is 0.400. The molecule has 1 aromatic carbocycles. The summed E-state index contributed by atoms with van der Waals surface area (Å²) in [7, 11) is 0. The van der Waals surface area contributed by atoms with Crippen molar-refractivity contribution in [1.29, 1.82) is 5.26 Å². The minimum Gasteiger partial charge on any atom is -0.379 e. The molecule has 4 N–H and O–H groups in total. The Labute approximate surface area is 196 Å². The van der Waals surface area contributed by atoms with Crippen molar-refractivity contribution in [2.24, 2.45) is 5.73 Å². The standard InChI is InChI=1S/C23H25N11/c24-11-18-12-26-23-19(29-16-1-2-16)10-22(31-34(18)23)30-17-3-4-20(32-7-5-15(25)6-8-32)21(9-17)33-13-27-28-14-33/h3-4,9-10,12-16,29H,1-2,5-8,25H2,(H,30,31). The van der Waals surface area contributed by atoms with Gasteiger partial charge < -0.3 is 21.3 Å². The molecule has 0 unspecified atom stereocenters. The van der Waals surface area contributed by atoms with E-state index in [0.29, 0.717) is 23.2 Å². The molecule has 2 fully saturated rings. The van der Waals surface area contributed by atoms with E-state index < -0.39 is 0 Å². The molecule has 1 aliphatic carbocycles. The molecule has 34 heavy (non-hydrogen) atoms. The lowest BCUT2D eigenvalue weighted by molar-refractivity contribution is 0.501. The van der Waals surface area contributed by atoms with Crippen molar-refractivity contribution in [3.63, 3.8) is 0 Å². The maximum absolute atomic E-state index is 9.48. The van der Waals surface area contributed by atoms with Crippen LogP contribution in [0.4, 0.5) is 22.9 Å². The highest BCUT2D eigenvalue weighted by Gasteiger charge is 2.24. The van der Waals surface area contributed by atoms with Gasteiger partial charge in [-0.15, -0.1) is 15.3 Å². The summed E-state index contributed by atoms with van der Waals surface area (Å²) < 4.78 is 3.49. The van der Waals surface area contributed by atoms with E-state index in [2.05, 4.69) is 54.0 Å². The number of aromatic nitrogens is 6. The Hall–Kier alpha value is -4.17. The summed E-state index contributed by atoms with van der Waals surface area (Å²) in [6.07, 6.45) is 9.15. The first-order chi connectivity index (χ1) is 16.7. The maximum Gasteiger partial charge on any atom is 0.178 e. The Morgan fingerprint density at radius 1 is 1.03 bits per heavy atom. The number of nitriles is 1. The molecule has 0 spiro atoms. The maximum atomic E-state index is 9.48. The Morgan fingerprint density at radius 3 is 2.56 bits per heavy atom. The number of hydrogen-bond acceptors (Lipinski definition) is 9. The van der Waals surface area contributed by atoms with Gasteiger partial charge in [-0.25, -0.2) is 4.98 Å². The van der Waals surface area contributed by atoms with Gasteiger partial charge in [0.25, 0.3) is 0 Å². The second kappa shape index (κ2) is 8.31. The van der Waals surface area contributed by atoms with E-state index in [1.807, 2.05) is 16.7 Å². The van der Waals surface area contributed by atoms with E-state index in [1.165, 1.54) is 0 Å². The number of nitrogens with one attached hydrogen (secondary N) is 2. The Morgan fingerprint density at radius 2 is 1.82 bits per heavy atom. The summed E-state index contributed by atoms with van der Waals surface area (Å²) in [6, 6.07) is 11.0. The Bertz CT molecular complexity index is 1360. The van der Waals surface area contributed by atoms with Crippen LogP contribution in [0.3, 0.4) is 0 Å². The van der Waals surface area contributed by atoms with Crippen LogP contribution in [-0.4, -0.2) is 54.5 Å². The van der Waals surface area contributed by atoms with Crippen LogP contribution in [0.5, 0.6) is 0 Å². The highest BCUT2D eigenvalue weighted by molar-refractivity contribution is 5.75. The highest BCUT2D eigenvalue weighted by atomic mass is 15.3. The van der Waals surface area contributed by atoms with Gasteiger partial charge in [-0.05, 0) is 43.9 Å². The topological polar surface area (TPSA) is 138 Å². The van der Waals surface area contributed by atoms with Gasteiger partial charge in [0.1, 0.15) is 18.7 Å². The van der Waals surface area contributed by atoms with Crippen LogP contribution in [0.1, 0.15) is 31.4 Å². The third-order valence-electron chi connectivity index (χ3n) is 6.34. The number of rotatable bonds is 6. The first-order valence-corrected chi connectivity index (χ1v) is 11.5. The summed E-state index contributed by atoms with van der Waals surface area (Å²) in [5, 5.41) is 29.0. The van der Waals surface area contributed by atoms with Gasteiger partial charge in [0.2, 0.25) is 0 Å². The SMILES string of the molecule is N#Cc1cnc2c(NC3CC3)cc(Nc3ccc(N4CCC(N)CC4)c(-n4cnnc4)c3)nn12. The third kappa shape index (κ3) is 3.88. The molecule has 11 heteroatoms. The third-order valence-corrected chi connectivity index (χ3v) is 6.34. The Balaban J connectivity index is 1.36. The van der Waals surface area contributed by atoms with E-state index in [0.717, 1.165) is 61.5 Å². The number of nitrogens with zero attached hydrogens (tertiary/aromatic N) is 8. The van der Waals surface area contributed by atoms with Crippen molar-refractivity contribution in [3.05, 3.63) is 48.8 Å². The van der Waals surface area contributed by atoms with Crippen LogP contribution >= 0.6 is 0 Å². The van der Waals surface area contributed by atoms with E-state index in [-0.39, 0.29) is 6.04 Å². The monoisotopic (exact) mass is 455 g/mol. The lowest BCUT2D eigenvalue weighted by Gasteiger charge is -2.33. The van der Waals surface area contributed by atoms with Gasteiger partial charge in [0.05, 0.1) is 23.3 Å². The molecule has 4 heterocycles. The summed E-state index contributed by atoms with van der Waals surface area (Å²) in [4.78, 5) is 6.75. The lowest BCUT2D eigenvalue weighted by atomic mass is 10.0. The molecule has 0 bridgehead atoms. The molecule has 1 aliphatic heterocycles. The molecule has 0 amide bonds. The number of anilines is 4. The van der Waals surface area contributed by atoms with Gasteiger partial charge in [0, 0.05) is 36.9 Å². The second-order valence-electron chi connectivity index (χ2n) is 8.87. The average Bonchev–Trinajstić information content (AvgIpc) is 3.32. The van der Waals surface area contributed by atoms with Gasteiger partial charge >= 0.3 is 0 Å². The van der Waals surface area contributed by atoms with Crippen LogP contribution in [0.15, 0.2) is 43.1 Å². The number of fused-ring (bicyclic) bond motifs is 1. The van der Waals surface area contributed by atoms with Crippen molar-refractivity contribution in [2.75, 3.05) is 28.6 Å². The van der Waals surface area contributed by atoms with Gasteiger partial charge in [0.15, 0.2) is 17.2 Å². The fraction of sp³-hybridized carbons (Fsp3) is 0.348. The summed E-state index contributed by atoms with van der Waals surface area (Å²) in [5.41, 5.74) is 11.0.